The van der Waals surface area contributed by atoms with Gasteiger partial charge < -0.3 is 0 Å². The van der Waals surface area contributed by atoms with Gasteiger partial charge >= 0.3 is 0 Å². The molecule has 0 heterocycles. The second-order valence-electron chi connectivity index (χ2n) is 3.58. The Balaban J connectivity index is 4.02. The molecular formula is C9H18O3S. The molecule has 0 aliphatic carbocycles. The van der Waals surface area contributed by atoms with Crippen LogP contribution in [0, 0.1) is 5.92 Å². The molecule has 78 valence electrons. The van der Waals surface area contributed by atoms with Crippen molar-refractivity contribution in [3.05, 3.63) is 0 Å². The average molecular weight is 206 g/mol. The van der Waals surface area contributed by atoms with E-state index in [-0.39, 0.29) is 29.6 Å². The summed E-state index contributed by atoms with van der Waals surface area (Å²) in [7, 11) is -3.01. The van der Waals surface area contributed by atoms with Gasteiger partial charge in [-0.05, 0) is 12.8 Å². The van der Waals surface area contributed by atoms with Gasteiger partial charge in [-0.1, -0.05) is 20.3 Å². The van der Waals surface area contributed by atoms with Crippen molar-refractivity contribution in [2.75, 3.05) is 11.5 Å². The van der Waals surface area contributed by atoms with E-state index in [1.165, 1.54) is 6.92 Å². The van der Waals surface area contributed by atoms with Gasteiger partial charge in [-0.2, -0.15) is 0 Å². The Bertz CT molecular complexity index is 254. The maximum atomic E-state index is 11.4. The van der Waals surface area contributed by atoms with Gasteiger partial charge in [-0.3, -0.25) is 4.79 Å². The topological polar surface area (TPSA) is 51.2 Å². The molecule has 13 heavy (non-hydrogen) atoms. The number of Topliss-reactive ketones (excluding diaryl/α,β-unsaturated/α-hetero) is 1. The molecule has 0 amide bonds. The van der Waals surface area contributed by atoms with E-state index >= 15 is 0 Å². The maximum Gasteiger partial charge on any atom is 0.151 e. The molecule has 0 aromatic rings. The molecule has 4 heteroatoms. The van der Waals surface area contributed by atoms with Gasteiger partial charge in [0.1, 0.15) is 5.78 Å². The molecule has 0 fully saturated rings. The molecule has 0 radical (unpaired) electrons. The average Bonchev–Trinajstić information content (AvgIpc) is 2.00. The summed E-state index contributed by atoms with van der Waals surface area (Å²) in [5, 5.41) is 0. The van der Waals surface area contributed by atoms with E-state index in [0.717, 1.165) is 6.42 Å². The molecular weight excluding hydrogens is 188 g/mol. The number of carbonyl (C=O) groups is 1. The Morgan fingerprint density at radius 2 is 1.92 bits per heavy atom. The molecule has 0 N–H and O–H groups in total. The molecule has 0 aromatic carbocycles. The van der Waals surface area contributed by atoms with Crippen LogP contribution < -0.4 is 0 Å². The Labute approximate surface area is 80.4 Å². The van der Waals surface area contributed by atoms with E-state index in [2.05, 4.69) is 0 Å². The van der Waals surface area contributed by atoms with E-state index < -0.39 is 9.84 Å². The van der Waals surface area contributed by atoms with E-state index in [4.69, 9.17) is 0 Å². The summed E-state index contributed by atoms with van der Waals surface area (Å²) >= 11 is 0. The van der Waals surface area contributed by atoms with Gasteiger partial charge in [-0.15, -0.1) is 0 Å². The Morgan fingerprint density at radius 3 is 2.31 bits per heavy atom. The van der Waals surface area contributed by atoms with Gasteiger partial charge in [0.25, 0.3) is 0 Å². The predicted octanol–water partition coefficient (Wildman–Crippen LogP) is 1.43. The van der Waals surface area contributed by atoms with Crippen LogP contribution in [0.1, 0.15) is 33.6 Å². The van der Waals surface area contributed by atoms with Crippen LogP contribution in [0.2, 0.25) is 0 Å². The van der Waals surface area contributed by atoms with Gasteiger partial charge in [0.2, 0.25) is 0 Å². The quantitative estimate of drug-likeness (QED) is 0.660. The summed E-state index contributed by atoms with van der Waals surface area (Å²) in [6, 6.07) is 0. The van der Waals surface area contributed by atoms with Crippen LogP contribution in [0.3, 0.4) is 0 Å². The lowest BCUT2D eigenvalue weighted by Crippen LogP contribution is -2.18. The number of sulfone groups is 1. The Kier molecular flexibility index (Phi) is 5.21. The van der Waals surface area contributed by atoms with E-state index in [1.807, 2.05) is 13.8 Å². The molecule has 0 rings (SSSR count). The summed E-state index contributed by atoms with van der Waals surface area (Å²) in [6.45, 7) is 5.29. The van der Waals surface area contributed by atoms with Gasteiger partial charge in [-0.25, -0.2) is 8.42 Å². The standard InChI is InChI=1S/C9H18O3S/c1-4-8(2)7-13(11,12)6-5-9(3)10/h8H,4-7H2,1-3H3. The highest BCUT2D eigenvalue weighted by atomic mass is 32.2. The molecule has 0 aromatic heterocycles. The molecule has 0 aliphatic rings. The van der Waals surface area contributed by atoms with E-state index in [9.17, 15) is 13.2 Å². The number of hydrogen-bond donors (Lipinski definition) is 0. The lowest BCUT2D eigenvalue weighted by Gasteiger charge is -2.08. The van der Waals surface area contributed by atoms with E-state index in [0.29, 0.717) is 0 Å². The Hall–Kier alpha value is -0.380. The number of rotatable bonds is 6. The Morgan fingerprint density at radius 1 is 1.38 bits per heavy atom. The second kappa shape index (κ2) is 5.37. The van der Waals surface area contributed by atoms with Gasteiger partial charge in [0.15, 0.2) is 9.84 Å². The molecule has 3 nitrogen and oxygen atoms in total. The molecule has 0 spiro atoms. The number of hydrogen-bond acceptors (Lipinski definition) is 3. The highest BCUT2D eigenvalue weighted by Crippen LogP contribution is 2.06. The fourth-order valence-corrected chi connectivity index (χ4v) is 2.80. The van der Waals surface area contributed by atoms with E-state index in [1.54, 1.807) is 0 Å². The maximum absolute atomic E-state index is 11.4. The highest BCUT2D eigenvalue weighted by molar-refractivity contribution is 7.91. The molecule has 0 aliphatic heterocycles. The summed E-state index contributed by atoms with van der Waals surface area (Å²) in [5.74, 6) is 0.341. The lowest BCUT2D eigenvalue weighted by atomic mass is 10.2. The zero-order valence-corrected chi connectivity index (χ0v) is 9.36. The van der Waals surface area contributed by atoms with Crippen LogP contribution in [0.15, 0.2) is 0 Å². The van der Waals surface area contributed by atoms with Crippen LogP contribution in [0.25, 0.3) is 0 Å². The minimum absolute atomic E-state index is 0.00662. The molecule has 0 bridgehead atoms. The van der Waals surface area contributed by atoms with Crippen LogP contribution in [0.5, 0.6) is 0 Å². The fourth-order valence-electron chi connectivity index (χ4n) is 0.934. The summed E-state index contributed by atoms with van der Waals surface area (Å²) < 4.78 is 22.7. The molecule has 0 saturated carbocycles. The third-order valence-electron chi connectivity index (χ3n) is 2.00. The lowest BCUT2D eigenvalue weighted by molar-refractivity contribution is -0.116. The second-order valence-corrected chi connectivity index (χ2v) is 5.81. The van der Waals surface area contributed by atoms with Crippen molar-refractivity contribution in [3.8, 4) is 0 Å². The van der Waals surface area contributed by atoms with Crippen LogP contribution in [-0.4, -0.2) is 25.7 Å². The normalized spacial score (nSPS) is 14.1. The monoisotopic (exact) mass is 206 g/mol. The zero-order valence-electron chi connectivity index (χ0n) is 8.54. The van der Waals surface area contributed by atoms with Crippen molar-refractivity contribution in [3.63, 3.8) is 0 Å². The first-order valence-corrected chi connectivity index (χ1v) is 6.39. The predicted molar refractivity (Wildman–Crippen MR) is 53.4 cm³/mol. The van der Waals surface area contributed by atoms with Crippen molar-refractivity contribution in [2.45, 2.75) is 33.6 Å². The molecule has 0 saturated heterocycles. The van der Waals surface area contributed by atoms with Crippen molar-refractivity contribution in [1.29, 1.82) is 0 Å². The third-order valence-corrected chi connectivity index (χ3v) is 3.90. The zero-order chi connectivity index (χ0) is 10.5. The first-order chi connectivity index (χ1) is 5.87. The minimum atomic E-state index is -3.01. The van der Waals surface area contributed by atoms with Gasteiger partial charge in [0.05, 0.1) is 11.5 Å². The number of carbonyl (C=O) groups excluding carboxylic acids is 1. The SMILES string of the molecule is CCC(C)CS(=O)(=O)CCC(C)=O. The van der Waals surface area contributed by atoms with Gasteiger partial charge in [0, 0.05) is 6.42 Å². The van der Waals surface area contributed by atoms with Crippen LogP contribution in [0.4, 0.5) is 0 Å². The largest absolute Gasteiger partial charge is 0.300 e. The van der Waals surface area contributed by atoms with Crippen molar-refractivity contribution in [1.82, 2.24) is 0 Å². The molecule has 1 atom stereocenters. The highest BCUT2D eigenvalue weighted by Gasteiger charge is 2.15. The smallest absolute Gasteiger partial charge is 0.151 e. The molecule has 1 unspecified atom stereocenters. The first-order valence-electron chi connectivity index (χ1n) is 4.57. The van der Waals surface area contributed by atoms with Crippen molar-refractivity contribution < 1.29 is 13.2 Å². The van der Waals surface area contributed by atoms with Crippen LogP contribution in [-0.2, 0) is 14.6 Å². The van der Waals surface area contributed by atoms with Crippen molar-refractivity contribution in [2.24, 2.45) is 5.92 Å². The summed E-state index contributed by atoms with van der Waals surface area (Å²) in [6.07, 6.45) is 1.01. The summed E-state index contributed by atoms with van der Waals surface area (Å²) in [5.41, 5.74) is 0. The minimum Gasteiger partial charge on any atom is -0.300 e. The fraction of sp³-hybridized carbons (Fsp3) is 0.889. The summed E-state index contributed by atoms with van der Waals surface area (Å²) in [4.78, 5) is 10.6. The third kappa shape index (κ3) is 6.75. The van der Waals surface area contributed by atoms with Crippen molar-refractivity contribution >= 4 is 15.6 Å². The first kappa shape index (κ1) is 12.6. The number of ketones is 1. The van der Waals surface area contributed by atoms with Crippen LogP contribution >= 0.6 is 0 Å².